The molecule has 0 aromatic heterocycles. The van der Waals surface area contributed by atoms with Crippen molar-refractivity contribution in [2.24, 2.45) is 4.99 Å². The van der Waals surface area contributed by atoms with Gasteiger partial charge in [0.1, 0.15) is 6.10 Å². The summed E-state index contributed by atoms with van der Waals surface area (Å²) in [5, 5.41) is 0. The van der Waals surface area contributed by atoms with Gasteiger partial charge in [0.2, 0.25) is 0 Å². The Kier molecular flexibility index (Phi) is 4.30. The monoisotopic (exact) mass is 295 g/mol. The third-order valence-electron chi connectivity index (χ3n) is 3.59. The van der Waals surface area contributed by atoms with Gasteiger partial charge in [-0.05, 0) is 5.56 Å². The van der Waals surface area contributed by atoms with Crippen molar-refractivity contribution in [1.29, 1.82) is 0 Å². The van der Waals surface area contributed by atoms with Gasteiger partial charge in [-0.3, -0.25) is 9.79 Å². The van der Waals surface area contributed by atoms with Crippen molar-refractivity contribution in [2.75, 3.05) is 7.11 Å². The van der Waals surface area contributed by atoms with E-state index in [4.69, 9.17) is 9.47 Å². The van der Waals surface area contributed by atoms with Gasteiger partial charge in [0.15, 0.2) is 6.23 Å². The number of hydrogen-bond donors (Lipinski definition) is 0. The fraction of sp³-hybridized carbons (Fsp3) is 0.222. The lowest BCUT2D eigenvalue weighted by molar-refractivity contribution is -0.143. The van der Waals surface area contributed by atoms with Gasteiger partial charge in [0.05, 0.1) is 19.2 Å². The molecule has 2 atom stereocenters. The van der Waals surface area contributed by atoms with Crippen molar-refractivity contribution in [3.05, 3.63) is 71.8 Å². The minimum atomic E-state index is -0.389. The lowest BCUT2D eigenvalue weighted by Crippen LogP contribution is -2.24. The Hall–Kier alpha value is -2.46. The molecule has 0 unspecified atom stereocenters. The van der Waals surface area contributed by atoms with E-state index >= 15 is 0 Å². The third-order valence-corrected chi connectivity index (χ3v) is 3.59. The number of carbonyl (C=O) groups is 1. The predicted molar refractivity (Wildman–Crippen MR) is 83.7 cm³/mol. The van der Waals surface area contributed by atoms with E-state index in [1.54, 1.807) is 0 Å². The smallest absolute Gasteiger partial charge is 0.308 e. The first-order chi connectivity index (χ1) is 10.8. The van der Waals surface area contributed by atoms with Crippen LogP contribution in [0, 0.1) is 0 Å². The number of nitrogens with zero attached hydrogens (tertiary/aromatic N) is 1. The van der Waals surface area contributed by atoms with Gasteiger partial charge in [-0.2, -0.15) is 0 Å². The van der Waals surface area contributed by atoms with Gasteiger partial charge in [-0.1, -0.05) is 60.7 Å². The van der Waals surface area contributed by atoms with Gasteiger partial charge in [-0.25, -0.2) is 0 Å². The number of methoxy groups -OCH3 is 1. The predicted octanol–water partition coefficient (Wildman–Crippen LogP) is 3.14. The number of rotatable bonds is 4. The van der Waals surface area contributed by atoms with Gasteiger partial charge in [-0.15, -0.1) is 0 Å². The molecule has 0 saturated heterocycles. The normalized spacial score (nSPS) is 20.5. The summed E-state index contributed by atoms with van der Waals surface area (Å²) in [5.74, 6) is -0.303. The largest absolute Gasteiger partial charge is 0.469 e. The quantitative estimate of drug-likeness (QED) is 0.814. The highest BCUT2D eigenvalue weighted by atomic mass is 16.5. The van der Waals surface area contributed by atoms with Crippen LogP contribution in [0.2, 0.25) is 0 Å². The molecule has 0 amide bonds. The molecular formula is C18H17NO3. The van der Waals surface area contributed by atoms with Crippen LogP contribution in [0.5, 0.6) is 0 Å². The van der Waals surface area contributed by atoms with Crippen LogP contribution < -0.4 is 0 Å². The fourth-order valence-corrected chi connectivity index (χ4v) is 2.48. The minimum Gasteiger partial charge on any atom is -0.469 e. The maximum Gasteiger partial charge on any atom is 0.308 e. The molecule has 0 bridgehead atoms. The number of ether oxygens (including phenoxy) is 2. The highest BCUT2D eigenvalue weighted by Crippen LogP contribution is 2.31. The lowest BCUT2D eigenvalue weighted by Gasteiger charge is -2.13. The zero-order valence-electron chi connectivity index (χ0n) is 12.3. The molecule has 0 aliphatic carbocycles. The zero-order chi connectivity index (χ0) is 15.4. The zero-order valence-corrected chi connectivity index (χ0v) is 12.3. The van der Waals surface area contributed by atoms with Crippen LogP contribution in [0.4, 0.5) is 0 Å². The summed E-state index contributed by atoms with van der Waals surface area (Å²) in [6.07, 6.45) is -0.612. The molecule has 2 aromatic rings. The highest BCUT2D eigenvalue weighted by molar-refractivity contribution is 6.06. The van der Waals surface area contributed by atoms with Crippen LogP contribution in [0.1, 0.15) is 23.8 Å². The molecule has 0 saturated carbocycles. The van der Waals surface area contributed by atoms with Crippen molar-refractivity contribution in [2.45, 2.75) is 18.8 Å². The Balaban J connectivity index is 1.91. The average molecular weight is 295 g/mol. The SMILES string of the molecule is COC(=O)C[C@@H]1O[C@@H](c2ccccc2)N=C1c1ccccc1. The first-order valence-electron chi connectivity index (χ1n) is 7.18. The Labute approximate surface area is 129 Å². The Morgan fingerprint density at radius 1 is 1.09 bits per heavy atom. The van der Waals surface area contributed by atoms with E-state index in [9.17, 15) is 4.79 Å². The summed E-state index contributed by atoms with van der Waals surface area (Å²) < 4.78 is 10.7. The molecule has 22 heavy (non-hydrogen) atoms. The topological polar surface area (TPSA) is 47.9 Å². The maximum absolute atomic E-state index is 11.6. The molecule has 0 N–H and O–H groups in total. The van der Waals surface area contributed by atoms with Gasteiger partial charge in [0, 0.05) is 5.56 Å². The van der Waals surface area contributed by atoms with Crippen LogP contribution in [0.15, 0.2) is 65.7 Å². The molecule has 4 nitrogen and oxygen atoms in total. The molecular weight excluding hydrogens is 278 g/mol. The number of hydrogen-bond acceptors (Lipinski definition) is 4. The molecule has 0 fully saturated rings. The second-order valence-corrected chi connectivity index (χ2v) is 5.05. The maximum atomic E-state index is 11.6. The average Bonchev–Trinajstić information content (AvgIpc) is 3.00. The molecule has 1 aliphatic rings. The van der Waals surface area contributed by atoms with E-state index in [-0.39, 0.29) is 24.7 Å². The first kappa shape index (κ1) is 14.5. The highest BCUT2D eigenvalue weighted by Gasteiger charge is 2.32. The molecule has 2 aromatic carbocycles. The van der Waals surface area contributed by atoms with Crippen molar-refractivity contribution in [1.82, 2.24) is 0 Å². The van der Waals surface area contributed by atoms with Crippen LogP contribution in [-0.4, -0.2) is 24.9 Å². The van der Waals surface area contributed by atoms with E-state index < -0.39 is 0 Å². The number of esters is 1. The lowest BCUT2D eigenvalue weighted by atomic mass is 10.0. The van der Waals surface area contributed by atoms with Gasteiger partial charge < -0.3 is 9.47 Å². The molecule has 1 aliphatic heterocycles. The fourth-order valence-electron chi connectivity index (χ4n) is 2.48. The summed E-state index contributed by atoms with van der Waals surface area (Å²) in [6.45, 7) is 0. The summed E-state index contributed by atoms with van der Waals surface area (Å²) in [7, 11) is 1.38. The van der Waals surface area contributed by atoms with Crippen molar-refractivity contribution in [3.8, 4) is 0 Å². The first-order valence-corrected chi connectivity index (χ1v) is 7.18. The van der Waals surface area contributed by atoms with Crippen molar-refractivity contribution in [3.63, 3.8) is 0 Å². The number of aliphatic imine (C=N–C) groups is 1. The third kappa shape index (κ3) is 3.07. The Morgan fingerprint density at radius 2 is 1.73 bits per heavy atom. The second-order valence-electron chi connectivity index (χ2n) is 5.05. The standard InChI is InChI=1S/C18H17NO3/c1-21-16(20)12-15-17(13-8-4-2-5-9-13)19-18(22-15)14-10-6-3-7-11-14/h2-11,15,18H,12H2,1H3/t15-,18-/m0/s1. The molecule has 112 valence electrons. The van der Waals surface area contributed by atoms with Gasteiger partial charge >= 0.3 is 5.97 Å². The van der Waals surface area contributed by atoms with E-state index in [2.05, 4.69) is 4.99 Å². The van der Waals surface area contributed by atoms with Crippen molar-refractivity contribution < 1.29 is 14.3 Å². The van der Waals surface area contributed by atoms with Gasteiger partial charge in [0.25, 0.3) is 0 Å². The summed E-state index contributed by atoms with van der Waals surface area (Å²) in [4.78, 5) is 16.3. The van der Waals surface area contributed by atoms with E-state index in [1.165, 1.54) is 7.11 Å². The molecule has 4 heteroatoms. The summed E-state index contributed by atoms with van der Waals surface area (Å²) >= 11 is 0. The Morgan fingerprint density at radius 3 is 2.36 bits per heavy atom. The second kappa shape index (κ2) is 6.54. The number of benzene rings is 2. The number of carbonyl (C=O) groups excluding carboxylic acids is 1. The molecule has 0 radical (unpaired) electrons. The van der Waals surface area contributed by atoms with Crippen molar-refractivity contribution >= 4 is 11.7 Å². The van der Waals surface area contributed by atoms with E-state index in [1.807, 2.05) is 60.7 Å². The summed E-state index contributed by atoms with van der Waals surface area (Å²) in [6, 6.07) is 19.6. The molecule has 1 heterocycles. The Bertz CT molecular complexity index is 667. The minimum absolute atomic E-state index is 0.160. The molecule has 0 spiro atoms. The van der Waals surface area contributed by atoms with Crippen LogP contribution in [-0.2, 0) is 14.3 Å². The van der Waals surface area contributed by atoms with E-state index in [0.29, 0.717) is 0 Å². The van der Waals surface area contributed by atoms with E-state index in [0.717, 1.165) is 16.8 Å². The van der Waals surface area contributed by atoms with Crippen LogP contribution >= 0.6 is 0 Å². The molecule has 3 rings (SSSR count). The summed E-state index contributed by atoms with van der Waals surface area (Å²) in [5.41, 5.74) is 2.73. The van der Waals surface area contributed by atoms with Crippen LogP contribution in [0.25, 0.3) is 0 Å². The van der Waals surface area contributed by atoms with Crippen LogP contribution in [0.3, 0.4) is 0 Å².